The van der Waals surface area contributed by atoms with Gasteiger partial charge in [-0.25, -0.2) is 0 Å². The van der Waals surface area contributed by atoms with Crippen molar-refractivity contribution in [2.45, 2.75) is 82.8 Å². The lowest BCUT2D eigenvalue weighted by atomic mass is 10.0. The van der Waals surface area contributed by atoms with Crippen LogP contribution in [-0.2, 0) is 14.9 Å². The molecule has 0 spiro atoms. The maximum absolute atomic E-state index is 11.3. The number of unbranched alkanes of at least 4 members (excludes halogenated alkanes) is 6. The van der Waals surface area contributed by atoms with Crippen molar-refractivity contribution >= 4 is 16.1 Å². The molecule has 0 rings (SSSR count). The quantitative estimate of drug-likeness (QED) is 0.400. The van der Waals surface area contributed by atoms with E-state index in [9.17, 15) is 17.8 Å². The van der Waals surface area contributed by atoms with Gasteiger partial charge in [0.05, 0.1) is 5.25 Å². The summed E-state index contributed by atoms with van der Waals surface area (Å²) in [7, 11) is -3.93. The largest absolute Gasteiger partial charge is 0.481 e. The Hall–Kier alpha value is -0.620. The molecule has 0 aromatic carbocycles. The van der Waals surface area contributed by atoms with Gasteiger partial charge >= 0.3 is 5.97 Å². The zero-order chi connectivity index (χ0) is 15.4. The first-order valence-electron chi connectivity index (χ1n) is 7.56. The highest BCUT2D eigenvalue weighted by atomic mass is 32.2. The minimum absolute atomic E-state index is 0.199. The molecule has 1 atom stereocenters. The Morgan fingerprint density at radius 1 is 0.950 bits per heavy atom. The fourth-order valence-electron chi connectivity index (χ4n) is 2.24. The Balaban J connectivity index is 3.77. The lowest BCUT2D eigenvalue weighted by Crippen LogP contribution is -2.20. The molecule has 0 bridgehead atoms. The molecule has 5 nitrogen and oxygen atoms in total. The van der Waals surface area contributed by atoms with Gasteiger partial charge in [0.1, 0.15) is 0 Å². The summed E-state index contributed by atoms with van der Waals surface area (Å²) >= 11 is 0. The molecule has 0 fully saturated rings. The first kappa shape index (κ1) is 19.4. The molecule has 20 heavy (non-hydrogen) atoms. The normalized spacial score (nSPS) is 13.3. The SMILES string of the molecule is CCCCCC(CCCCCCCC(=O)O)S(=O)(=O)O. The fourth-order valence-corrected chi connectivity index (χ4v) is 3.17. The number of rotatable bonds is 13. The molecule has 0 aromatic rings. The molecular weight excluding hydrogens is 280 g/mol. The zero-order valence-corrected chi connectivity index (χ0v) is 13.2. The summed E-state index contributed by atoms with van der Waals surface area (Å²) in [5.74, 6) is -0.771. The summed E-state index contributed by atoms with van der Waals surface area (Å²) < 4.78 is 31.7. The summed E-state index contributed by atoms with van der Waals surface area (Å²) in [6.07, 6.45) is 8.19. The standard InChI is InChI=1S/C14H28O5S/c1-2-3-7-10-13(20(17,18)19)11-8-5-4-6-9-12-14(15)16/h13H,2-12H2,1H3,(H,15,16)(H,17,18,19). The first-order chi connectivity index (χ1) is 9.38. The molecule has 0 saturated heterocycles. The third-order valence-corrected chi connectivity index (χ3v) is 4.78. The van der Waals surface area contributed by atoms with Crippen LogP contribution in [-0.4, -0.2) is 29.3 Å². The van der Waals surface area contributed by atoms with E-state index in [0.717, 1.165) is 44.9 Å². The van der Waals surface area contributed by atoms with Gasteiger partial charge in [-0.15, -0.1) is 0 Å². The highest BCUT2D eigenvalue weighted by molar-refractivity contribution is 7.86. The third kappa shape index (κ3) is 11.2. The number of hydrogen-bond donors (Lipinski definition) is 2. The van der Waals surface area contributed by atoms with Crippen LogP contribution in [0.3, 0.4) is 0 Å². The van der Waals surface area contributed by atoms with Gasteiger partial charge < -0.3 is 5.11 Å². The molecular formula is C14H28O5S. The average molecular weight is 308 g/mol. The lowest BCUT2D eigenvalue weighted by Gasteiger charge is -2.13. The van der Waals surface area contributed by atoms with Crippen molar-refractivity contribution < 1.29 is 22.9 Å². The van der Waals surface area contributed by atoms with Crippen LogP contribution in [0.15, 0.2) is 0 Å². The highest BCUT2D eigenvalue weighted by Gasteiger charge is 2.21. The predicted molar refractivity (Wildman–Crippen MR) is 79.4 cm³/mol. The Morgan fingerprint density at radius 2 is 1.45 bits per heavy atom. The van der Waals surface area contributed by atoms with Crippen LogP contribution in [0, 0.1) is 0 Å². The number of carbonyl (C=O) groups is 1. The van der Waals surface area contributed by atoms with Crippen LogP contribution in [0.5, 0.6) is 0 Å². The second-order valence-electron chi connectivity index (χ2n) is 5.33. The molecule has 0 aromatic heterocycles. The van der Waals surface area contributed by atoms with Crippen molar-refractivity contribution in [2.75, 3.05) is 0 Å². The molecule has 0 aliphatic carbocycles. The van der Waals surface area contributed by atoms with Gasteiger partial charge in [-0.2, -0.15) is 8.42 Å². The molecule has 0 amide bonds. The summed E-state index contributed by atoms with van der Waals surface area (Å²) in [4.78, 5) is 10.3. The van der Waals surface area contributed by atoms with E-state index in [2.05, 4.69) is 6.92 Å². The van der Waals surface area contributed by atoms with Gasteiger partial charge in [-0.1, -0.05) is 51.9 Å². The van der Waals surface area contributed by atoms with Gasteiger partial charge in [0, 0.05) is 6.42 Å². The first-order valence-corrected chi connectivity index (χ1v) is 9.06. The summed E-state index contributed by atoms with van der Waals surface area (Å²) in [5.41, 5.74) is 0. The predicted octanol–water partition coefficient (Wildman–Crippen LogP) is 3.64. The maximum Gasteiger partial charge on any atom is 0.303 e. The zero-order valence-electron chi connectivity index (χ0n) is 12.4. The van der Waals surface area contributed by atoms with Crippen LogP contribution in [0.4, 0.5) is 0 Å². The Labute approximate surface area is 122 Å². The van der Waals surface area contributed by atoms with Crippen molar-refractivity contribution in [1.82, 2.24) is 0 Å². The maximum atomic E-state index is 11.3. The molecule has 0 heterocycles. The Bertz CT molecular complexity index is 351. The molecule has 2 N–H and O–H groups in total. The summed E-state index contributed by atoms with van der Waals surface area (Å²) in [5, 5.41) is 7.86. The summed E-state index contributed by atoms with van der Waals surface area (Å²) in [6.45, 7) is 2.06. The van der Waals surface area contributed by atoms with Crippen LogP contribution in [0.2, 0.25) is 0 Å². The molecule has 6 heteroatoms. The number of carboxylic acid groups (broad SMARTS) is 1. The van der Waals surface area contributed by atoms with E-state index in [1.807, 2.05) is 0 Å². The third-order valence-electron chi connectivity index (χ3n) is 3.47. The average Bonchev–Trinajstić information content (AvgIpc) is 2.33. The van der Waals surface area contributed by atoms with E-state index in [0.29, 0.717) is 19.3 Å². The topological polar surface area (TPSA) is 91.7 Å². The molecule has 0 aliphatic heterocycles. The van der Waals surface area contributed by atoms with Gasteiger partial charge in [0.15, 0.2) is 0 Å². The van der Waals surface area contributed by atoms with E-state index < -0.39 is 21.3 Å². The van der Waals surface area contributed by atoms with E-state index in [1.165, 1.54) is 0 Å². The van der Waals surface area contributed by atoms with E-state index in [-0.39, 0.29) is 6.42 Å². The second kappa shape index (κ2) is 11.1. The van der Waals surface area contributed by atoms with Crippen LogP contribution in [0.25, 0.3) is 0 Å². The molecule has 0 saturated carbocycles. The van der Waals surface area contributed by atoms with Crippen LogP contribution < -0.4 is 0 Å². The molecule has 120 valence electrons. The Kier molecular flexibility index (Phi) is 10.7. The van der Waals surface area contributed by atoms with E-state index in [1.54, 1.807) is 0 Å². The van der Waals surface area contributed by atoms with Gasteiger partial charge in [0.25, 0.3) is 10.1 Å². The monoisotopic (exact) mass is 308 g/mol. The van der Waals surface area contributed by atoms with Crippen molar-refractivity contribution in [3.05, 3.63) is 0 Å². The molecule has 0 aliphatic rings. The second-order valence-corrected chi connectivity index (χ2v) is 7.03. The number of aliphatic carboxylic acids is 1. The highest BCUT2D eigenvalue weighted by Crippen LogP contribution is 2.18. The van der Waals surface area contributed by atoms with Crippen molar-refractivity contribution in [3.63, 3.8) is 0 Å². The smallest absolute Gasteiger partial charge is 0.303 e. The number of hydrogen-bond acceptors (Lipinski definition) is 3. The van der Waals surface area contributed by atoms with Gasteiger partial charge in [0.2, 0.25) is 0 Å². The van der Waals surface area contributed by atoms with Crippen LogP contribution in [0.1, 0.15) is 77.6 Å². The summed E-state index contributed by atoms with van der Waals surface area (Å²) in [6, 6.07) is 0. The minimum Gasteiger partial charge on any atom is -0.481 e. The molecule has 1 unspecified atom stereocenters. The fraction of sp³-hybridized carbons (Fsp3) is 0.929. The van der Waals surface area contributed by atoms with Crippen molar-refractivity contribution in [1.29, 1.82) is 0 Å². The van der Waals surface area contributed by atoms with Gasteiger partial charge in [-0.05, 0) is 19.3 Å². The van der Waals surface area contributed by atoms with E-state index >= 15 is 0 Å². The number of carboxylic acids is 1. The molecule has 0 radical (unpaired) electrons. The van der Waals surface area contributed by atoms with Crippen LogP contribution >= 0.6 is 0 Å². The van der Waals surface area contributed by atoms with Crippen molar-refractivity contribution in [2.24, 2.45) is 0 Å². The Morgan fingerprint density at radius 3 is 1.95 bits per heavy atom. The van der Waals surface area contributed by atoms with Crippen molar-refractivity contribution in [3.8, 4) is 0 Å². The van der Waals surface area contributed by atoms with E-state index in [4.69, 9.17) is 5.11 Å². The minimum atomic E-state index is -3.93. The van der Waals surface area contributed by atoms with Gasteiger partial charge in [-0.3, -0.25) is 9.35 Å². The lowest BCUT2D eigenvalue weighted by molar-refractivity contribution is -0.137.